The van der Waals surface area contributed by atoms with Crippen LogP contribution in [0.2, 0.25) is 0 Å². The number of fused-ring (bicyclic) bond motifs is 1. The Kier molecular flexibility index (Phi) is 38.8. The number of nitrogens with two attached hydrogens (primary N) is 4. The molecule has 59 nitrogen and oxygen atoms in total. The van der Waals surface area contributed by atoms with E-state index in [4.69, 9.17) is 180 Å². The van der Waals surface area contributed by atoms with Gasteiger partial charge in [0.15, 0.2) is 49.4 Å². The Hall–Kier alpha value is -7.15. The lowest BCUT2D eigenvalue weighted by Gasteiger charge is -2.36. The molecule has 143 heavy (non-hydrogen) atoms. The summed E-state index contributed by atoms with van der Waals surface area (Å²) in [4.78, 5) is 182. The molecule has 10 unspecified atom stereocenters. The number of hydrogen-bond acceptors (Lipinski definition) is 54. The number of aryl methyl sites for hydroxylation is 5. The molecule has 6 saturated heterocycles. The molecule has 0 saturated carbocycles. The van der Waals surface area contributed by atoms with Crippen LogP contribution in [0.25, 0.3) is 11.2 Å². The van der Waals surface area contributed by atoms with Crippen molar-refractivity contribution in [3.05, 3.63) is 145 Å². The van der Waals surface area contributed by atoms with Crippen molar-refractivity contribution < 1.29 is 159 Å². The third-order valence-corrected chi connectivity index (χ3v) is 29.7. The number of nitrogens with zero attached hydrogens (tertiary/aromatic N) is 12. The van der Waals surface area contributed by atoms with E-state index in [2.05, 4.69) is 39.9 Å². The lowest BCUT2D eigenvalue weighted by Crippen LogP contribution is -2.43. The summed E-state index contributed by atoms with van der Waals surface area (Å²) in [7, 11) is -5.82. The zero-order valence-electron chi connectivity index (χ0n) is 78.3. The first kappa shape index (κ1) is 113. The van der Waals surface area contributed by atoms with Crippen molar-refractivity contribution in [2.24, 2.45) is 0 Å². The first-order chi connectivity index (χ1) is 67.8. The Morgan fingerprint density at radius 1 is 0.420 bits per heavy atom. The summed E-state index contributed by atoms with van der Waals surface area (Å²) >= 11 is 16.7. The number of aromatic amines is 2. The molecule has 28 atom stereocenters. The highest BCUT2D eigenvalue weighted by molar-refractivity contribution is 8.32. The van der Waals surface area contributed by atoms with E-state index in [1.54, 1.807) is 20.8 Å². The summed E-state index contributed by atoms with van der Waals surface area (Å²) in [6.07, 6.45) is -30.7. The number of nitrogens with one attached hydrogen (secondary N) is 2. The highest BCUT2D eigenvalue weighted by Gasteiger charge is 2.57. The predicted octanol–water partition coefficient (Wildman–Crippen LogP) is -3.96. The van der Waals surface area contributed by atoms with E-state index in [1.165, 1.54) is 79.6 Å². The zero-order valence-corrected chi connectivity index (χ0v) is 85.2. The van der Waals surface area contributed by atoms with E-state index in [0.29, 0.717) is 11.1 Å². The molecule has 0 bridgehead atoms. The van der Waals surface area contributed by atoms with Gasteiger partial charge in [-0.1, -0.05) is 30.5 Å². The van der Waals surface area contributed by atoms with Crippen LogP contribution in [0.4, 0.5) is 23.3 Å². The normalized spacial score (nSPS) is 29.4. The topological polar surface area (TPSA) is 766 Å². The SMILES string of the molecule is CC[C@H]1O[C@@H](n2cc(C)c(N)nc2=O)C[C@H]1OP([O-])(=S)OC[C@H]1O[C@@H](n2cc(C)c(=O)[nH]c2=O)C(OCCOC)[C@H]1OP(=O)([O-])OC[C@H]1O[C@@H](n2cc(C)c(N)nc2=O)C(OCCOC)[C@H]1OP(=O)([O-])OC[C@H]1O[C@@H](n2cc(C)c(=O)[nH]c2=O)C(OCCOC)[C@H]1OP(=O)([S-])OC[C@H]1O[C@@H](n2cnc3c(N)ncnc32)C(OCCOC)[C@H]1OP([O-])(=S)OC[C@H]1O[C@@H](n2cc(C)c(N)nc2=O)C(OCCOC)[C@H]1O. The molecule has 0 aliphatic carbocycles. The van der Waals surface area contributed by atoms with Crippen molar-refractivity contribution in [1.82, 2.24) is 67.3 Å². The Morgan fingerprint density at radius 3 is 1.20 bits per heavy atom. The smallest absolute Gasteiger partial charge is 0.351 e. The molecular formula is C76H108N18O41P5S3-5. The number of aliphatic hydroxyl groups is 1. The molecule has 67 heteroatoms. The maximum atomic E-state index is 15.5. The molecule has 13 heterocycles. The molecule has 796 valence electrons. The number of anilines is 4. The van der Waals surface area contributed by atoms with E-state index in [9.17, 15) is 43.6 Å². The van der Waals surface area contributed by atoms with Crippen LogP contribution >= 0.6 is 35.9 Å². The number of phosphoric ester groups is 2. The predicted molar refractivity (Wildman–Crippen MR) is 490 cm³/mol. The average Bonchev–Trinajstić information content (AvgIpc) is 1.62. The van der Waals surface area contributed by atoms with Gasteiger partial charge in [-0.05, 0) is 41.0 Å². The van der Waals surface area contributed by atoms with E-state index in [1.807, 2.05) is 0 Å². The number of phosphoric acid groups is 2. The molecule has 0 spiro atoms. The van der Waals surface area contributed by atoms with Crippen LogP contribution in [-0.4, -0.2) is 311 Å². The molecule has 0 radical (unpaired) electrons. The van der Waals surface area contributed by atoms with Crippen LogP contribution in [0.3, 0.4) is 0 Å². The molecule has 11 N–H and O–H groups in total. The lowest BCUT2D eigenvalue weighted by molar-refractivity contribution is -0.241. The summed E-state index contributed by atoms with van der Waals surface area (Å²) in [6, 6.07) is 0. The van der Waals surface area contributed by atoms with Gasteiger partial charge in [0, 0.05) is 101 Å². The summed E-state index contributed by atoms with van der Waals surface area (Å²) < 4.78 is 206. The molecule has 7 aromatic heterocycles. The van der Waals surface area contributed by atoms with Gasteiger partial charge in [0.1, 0.15) is 141 Å². The van der Waals surface area contributed by atoms with Gasteiger partial charge in [0.25, 0.3) is 26.8 Å². The molecule has 6 fully saturated rings. The number of aliphatic hydroxyl groups excluding tert-OH is 1. The monoisotopic (exact) mass is 2180 g/mol. The molecule has 13 rings (SSSR count). The lowest BCUT2D eigenvalue weighted by atomic mass is 10.1. The largest absolute Gasteiger partial charge is 0.780 e. The summed E-state index contributed by atoms with van der Waals surface area (Å²) in [5, 5.41) is 11.8. The Bertz CT molecular complexity index is 6290. The van der Waals surface area contributed by atoms with Gasteiger partial charge >= 0.3 is 28.4 Å². The molecule has 7 aromatic rings. The third-order valence-electron chi connectivity index (χ3n) is 23.2. The highest BCUT2D eigenvalue weighted by Crippen LogP contribution is 2.56. The van der Waals surface area contributed by atoms with E-state index in [-0.39, 0.29) is 110 Å². The first-order valence-corrected chi connectivity index (χ1v) is 54.4. The molecular weight excluding hydrogens is 2070 g/mol. The number of hydrogen-bond donors (Lipinski definition) is 7. The molecule has 0 amide bonds. The first-order valence-electron chi connectivity index (χ1n) is 43.8. The van der Waals surface area contributed by atoms with Gasteiger partial charge in [-0.25, -0.2) is 38.9 Å². The van der Waals surface area contributed by atoms with Crippen LogP contribution in [-0.2, 0) is 171 Å². The van der Waals surface area contributed by atoms with Gasteiger partial charge in [-0.3, -0.25) is 60.7 Å². The Morgan fingerprint density at radius 2 is 0.769 bits per heavy atom. The van der Waals surface area contributed by atoms with Crippen molar-refractivity contribution >= 4 is 106 Å². The number of methoxy groups -OCH3 is 5. The summed E-state index contributed by atoms with van der Waals surface area (Å²) in [5.74, 6) is -0.502. The minimum absolute atomic E-state index is 0.0236. The summed E-state index contributed by atoms with van der Waals surface area (Å²) in [5.41, 5.74) is 18.1. The molecule has 6 aliphatic rings. The molecule has 6 aliphatic heterocycles. The standard InChI is InChI=1S/C76H113N18O41P5S3/c1-12-41-42(23-48(125-41)89-24-36(2)60(77)84-72(89)98)131-138(107,141)123-32-46-52(57(117-20-15-112-9)69(129-46)92-27-39(5)65(96)87-75(92)101)133-136(103,104)120-30-44-51(56(116-19-14-111-8)68(127-44)91-26-38(4)62(79)86-74(91)100)132-137(105,106)121-31-45-53(58(118-21-16-113-10)70(128-45)93-28-40(6)66(97)88-76(93)102)134-140(109,143)124-33-47-54(59(119-22-17-114-11)71(130-47)94-35-83-49-63(80)81-34-82-64(49)94)135-139(108,142)122-29-43-50(95)55(115-18-13-110-7)67(126-43)90-25-37(3)61(78)85-73(90)99/h24-28,34-35,41-48,50-59,67-71,95H,12-23,29-33H2,1-11H3,(H,103,104)(H,105,106)(H,107,141)(H,108,142)(H,109,143)(H2,77,84,98)(H2,78,85,99)(H2,79,86,100)(H2,80,81,82)(H,87,96,101)(H,88,97,102)/p-5/t41-,42-,43-,44-,45-,46-,47-,48-,50+,51+,52+,53+,54+,55?,56?,57?,58?,59?,67-,68-,69-,70-,71-,138?,139?,140?/m1/s1. The van der Waals surface area contributed by atoms with E-state index < -0.39 is 269 Å². The van der Waals surface area contributed by atoms with Crippen molar-refractivity contribution in [3.63, 3.8) is 0 Å². The number of ether oxygens (including phenoxy) is 16. The number of aromatic nitrogens is 14. The maximum absolute atomic E-state index is 15.5. The van der Waals surface area contributed by atoms with Gasteiger partial charge in [-0.2, -0.15) is 15.0 Å². The maximum Gasteiger partial charge on any atom is 0.351 e. The van der Waals surface area contributed by atoms with Crippen molar-refractivity contribution in [2.45, 2.75) is 196 Å². The number of rotatable bonds is 52. The van der Waals surface area contributed by atoms with Gasteiger partial charge < -0.3 is 181 Å². The fourth-order valence-electron chi connectivity index (χ4n) is 16.1. The second-order valence-electron chi connectivity index (χ2n) is 32.9. The number of imidazole rings is 1. The van der Waals surface area contributed by atoms with Gasteiger partial charge in [0.2, 0.25) is 0 Å². The second-order valence-corrected chi connectivity index (χ2v) is 43.7. The Labute approximate surface area is 826 Å². The average molecular weight is 2180 g/mol. The quantitative estimate of drug-likeness (QED) is 0.0109. The third kappa shape index (κ3) is 27.6. The number of nitrogen functional groups attached to an aromatic ring is 4. The van der Waals surface area contributed by atoms with Crippen LogP contribution in [0.5, 0.6) is 0 Å². The van der Waals surface area contributed by atoms with Crippen molar-refractivity contribution in [2.75, 3.05) is 158 Å². The van der Waals surface area contributed by atoms with Crippen LogP contribution < -0.4 is 82.1 Å². The summed E-state index contributed by atoms with van der Waals surface area (Å²) in [6.45, 7) is -14.5. The fraction of sp³-hybridized carbons (Fsp3) is 0.671. The van der Waals surface area contributed by atoms with Gasteiger partial charge in [0.05, 0.1) is 118 Å². The minimum atomic E-state index is -6.25. The van der Waals surface area contributed by atoms with Gasteiger partial charge in [-0.15, -0.1) is 0 Å². The van der Waals surface area contributed by atoms with Crippen LogP contribution in [0.1, 0.15) is 85.0 Å². The zero-order chi connectivity index (χ0) is 104. The van der Waals surface area contributed by atoms with Crippen molar-refractivity contribution in [1.29, 1.82) is 0 Å². The number of H-pyrrole nitrogens is 2. The Balaban J connectivity index is 0.797. The van der Waals surface area contributed by atoms with Crippen LogP contribution in [0.15, 0.2) is 77.2 Å². The van der Waals surface area contributed by atoms with Crippen LogP contribution in [0, 0.1) is 34.6 Å². The second kappa shape index (κ2) is 49.1. The van der Waals surface area contributed by atoms with Crippen molar-refractivity contribution in [3.8, 4) is 0 Å². The molecule has 0 aromatic carbocycles. The fourth-order valence-corrected chi connectivity index (χ4v) is 22.3. The van der Waals surface area contributed by atoms with E-state index >= 15 is 28.4 Å². The minimum Gasteiger partial charge on any atom is -0.780 e. The highest BCUT2D eigenvalue weighted by atomic mass is 32.7. The van der Waals surface area contributed by atoms with E-state index in [0.717, 1.165) is 47.8 Å².